The van der Waals surface area contributed by atoms with Gasteiger partial charge in [-0.25, -0.2) is 0 Å². The molecule has 1 atom stereocenters. The molecule has 102 valence electrons. The van der Waals surface area contributed by atoms with Gasteiger partial charge in [0.15, 0.2) is 5.60 Å². The number of para-hydroxylation sites is 1. The molecule has 0 radical (unpaired) electrons. The van der Waals surface area contributed by atoms with Crippen LogP contribution in [0.25, 0.3) is 10.9 Å². The number of fused-ring (bicyclic) bond motifs is 1. The molecule has 5 heteroatoms. The fraction of sp³-hybridized carbons (Fsp3) is 0.429. The van der Waals surface area contributed by atoms with E-state index >= 15 is 0 Å². The van der Waals surface area contributed by atoms with E-state index in [0.29, 0.717) is 12.8 Å². The molecule has 0 fully saturated rings. The van der Waals surface area contributed by atoms with E-state index in [2.05, 4.69) is 0 Å². The number of aryl methyl sites for hydroxylation is 1. The van der Waals surface area contributed by atoms with Crippen LogP contribution in [-0.2, 0) is 21.7 Å². The van der Waals surface area contributed by atoms with Crippen molar-refractivity contribution in [2.24, 2.45) is 7.05 Å². The fourth-order valence-electron chi connectivity index (χ4n) is 2.66. The largest absolute Gasteiger partial charge is 0.566 e. The van der Waals surface area contributed by atoms with Crippen LogP contribution >= 0.6 is 8.25 Å². The third-order valence-electron chi connectivity index (χ3n) is 3.78. The van der Waals surface area contributed by atoms with Crippen LogP contribution in [0.2, 0.25) is 0 Å². The van der Waals surface area contributed by atoms with E-state index in [0.717, 1.165) is 16.5 Å². The van der Waals surface area contributed by atoms with E-state index in [1.165, 1.54) is 0 Å². The zero-order chi connectivity index (χ0) is 14.0. The highest BCUT2D eigenvalue weighted by molar-refractivity contribution is 7.30. The van der Waals surface area contributed by atoms with Crippen molar-refractivity contribution in [3.8, 4) is 0 Å². The highest BCUT2D eigenvalue weighted by Gasteiger charge is 2.38. The Hall–Kier alpha value is -1.22. The second-order valence-corrected chi connectivity index (χ2v) is 5.32. The molecule has 0 saturated carbocycles. The van der Waals surface area contributed by atoms with Crippen LogP contribution in [0.3, 0.4) is 0 Å². The first kappa shape index (κ1) is 14.2. The molecule has 0 saturated heterocycles. The van der Waals surface area contributed by atoms with Crippen molar-refractivity contribution in [2.45, 2.75) is 32.3 Å². The molecule has 0 amide bonds. The molecule has 1 aromatic carbocycles. The third kappa shape index (κ3) is 2.44. The summed E-state index contributed by atoms with van der Waals surface area (Å²) in [5.74, 6) is 0. The Kier molecular flexibility index (Phi) is 4.04. The van der Waals surface area contributed by atoms with E-state index < -0.39 is 13.9 Å². The summed E-state index contributed by atoms with van der Waals surface area (Å²) in [4.78, 5) is 11.1. The lowest BCUT2D eigenvalue weighted by molar-refractivity contribution is -0.197. The number of hydrogen-bond acceptors (Lipinski definition) is 3. The van der Waals surface area contributed by atoms with Gasteiger partial charge in [0.2, 0.25) is 0 Å². The molecule has 19 heavy (non-hydrogen) atoms. The Labute approximate surface area is 114 Å². The maximum absolute atomic E-state index is 11.1. The first-order valence-electron chi connectivity index (χ1n) is 6.42. The van der Waals surface area contributed by atoms with Gasteiger partial charge in [-0.05, 0) is 23.5 Å². The SMILES string of the molecule is CCC(CC)(O[P+](=O)[O-])c1cn(C)c2ccccc12. The summed E-state index contributed by atoms with van der Waals surface area (Å²) in [5, 5.41) is 1.05. The van der Waals surface area contributed by atoms with Crippen LogP contribution in [-0.4, -0.2) is 4.57 Å². The Morgan fingerprint density at radius 1 is 1.32 bits per heavy atom. The lowest BCUT2D eigenvalue weighted by atomic mass is 9.88. The Bertz CT molecular complexity index is 602. The Balaban J connectivity index is 2.66. The fourth-order valence-corrected chi connectivity index (χ4v) is 3.30. The standard InChI is InChI=1S/C14H18NO3P/c1-4-14(5-2,18-19(16)17)12-10-15(3)13-9-7-6-8-11(12)13/h6-10H,4-5H2,1-3H3. The number of aromatic nitrogens is 1. The molecule has 1 heterocycles. The van der Waals surface area contributed by atoms with Crippen molar-refractivity contribution < 1.29 is 14.0 Å². The van der Waals surface area contributed by atoms with Gasteiger partial charge in [0.05, 0.1) is 0 Å². The summed E-state index contributed by atoms with van der Waals surface area (Å²) in [5.41, 5.74) is 1.25. The average Bonchev–Trinajstić information content (AvgIpc) is 2.74. The van der Waals surface area contributed by atoms with Gasteiger partial charge < -0.3 is 9.46 Å². The predicted molar refractivity (Wildman–Crippen MR) is 73.9 cm³/mol. The minimum absolute atomic E-state index is 0.612. The van der Waals surface area contributed by atoms with E-state index in [9.17, 15) is 9.46 Å². The number of nitrogens with zero attached hydrogens (tertiary/aromatic N) is 1. The summed E-state index contributed by atoms with van der Waals surface area (Å²) in [6.45, 7) is 3.90. The molecule has 2 rings (SSSR count). The monoisotopic (exact) mass is 279 g/mol. The highest BCUT2D eigenvalue weighted by Crippen LogP contribution is 2.42. The van der Waals surface area contributed by atoms with Gasteiger partial charge in [-0.3, -0.25) is 0 Å². The van der Waals surface area contributed by atoms with E-state index in [-0.39, 0.29) is 0 Å². The van der Waals surface area contributed by atoms with Crippen molar-refractivity contribution in [1.29, 1.82) is 0 Å². The predicted octanol–water partition coefficient (Wildman–Crippen LogP) is 3.23. The van der Waals surface area contributed by atoms with Gasteiger partial charge >= 0.3 is 8.25 Å². The molecule has 0 aliphatic heterocycles. The smallest absolute Gasteiger partial charge is 0.489 e. The molecule has 0 aliphatic rings. The summed E-state index contributed by atoms with van der Waals surface area (Å²) >= 11 is 0. The molecule has 1 aromatic heterocycles. The van der Waals surface area contributed by atoms with Crippen molar-refractivity contribution in [1.82, 2.24) is 4.57 Å². The van der Waals surface area contributed by atoms with Crippen molar-refractivity contribution in [3.63, 3.8) is 0 Å². The Morgan fingerprint density at radius 2 is 1.95 bits per heavy atom. The van der Waals surface area contributed by atoms with E-state index in [1.54, 1.807) is 0 Å². The second-order valence-electron chi connectivity index (χ2n) is 4.69. The quantitative estimate of drug-likeness (QED) is 0.789. The lowest BCUT2D eigenvalue weighted by Gasteiger charge is -2.25. The highest BCUT2D eigenvalue weighted by atomic mass is 31.1. The molecule has 1 unspecified atom stereocenters. The summed E-state index contributed by atoms with van der Waals surface area (Å²) in [7, 11) is -0.922. The first-order valence-corrected chi connectivity index (χ1v) is 7.51. The average molecular weight is 279 g/mol. The molecule has 4 nitrogen and oxygen atoms in total. The van der Waals surface area contributed by atoms with Gasteiger partial charge in [0.1, 0.15) is 0 Å². The van der Waals surface area contributed by atoms with E-state index in [1.807, 2.05) is 55.9 Å². The van der Waals surface area contributed by atoms with Crippen LogP contribution in [0.15, 0.2) is 30.5 Å². The van der Waals surface area contributed by atoms with Crippen LogP contribution < -0.4 is 4.89 Å². The van der Waals surface area contributed by atoms with Gasteiger partial charge in [-0.1, -0.05) is 32.0 Å². The lowest BCUT2D eigenvalue weighted by Crippen LogP contribution is -2.26. The van der Waals surface area contributed by atoms with Gasteiger partial charge in [-0.2, -0.15) is 0 Å². The maximum atomic E-state index is 11.1. The number of rotatable bonds is 5. The second kappa shape index (κ2) is 5.41. The van der Waals surface area contributed by atoms with Gasteiger partial charge in [-0.15, -0.1) is 4.52 Å². The Morgan fingerprint density at radius 3 is 2.53 bits per heavy atom. The number of hydrogen-bond donors (Lipinski definition) is 0. The van der Waals surface area contributed by atoms with Crippen LogP contribution in [0, 0.1) is 0 Å². The van der Waals surface area contributed by atoms with Crippen LogP contribution in [0.4, 0.5) is 0 Å². The third-order valence-corrected chi connectivity index (χ3v) is 4.28. The molecule has 0 N–H and O–H groups in total. The minimum Gasteiger partial charge on any atom is -0.566 e. The molecular weight excluding hydrogens is 261 g/mol. The minimum atomic E-state index is -2.88. The molecular formula is C14H18NO3P. The molecule has 0 aliphatic carbocycles. The number of benzene rings is 1. The summed E-state index contributed by atoms with van der Waals surface area (Å²) in [6.07, 6.45) is 3.19. The van der Waals surface area contributed by atoms with E-state index in [4.69, 9.17) is 4.52 Å². The summed E-state index contributed by atoms with van der Waals surface area (Å²) < 4.78 is 18.3. The molecule has 0 spiro atoms. The zero-order valence-electron chi connectivity index (χ0n) is 11.4. The van der Waals surface area contributed by atoms with Crippen molar-refractivity contribution >= 4 is 19.2 Å². The van der Waals surface area contributed by atoms with Gasteiger partial charge in [0, 0.05) is 29.7 Å². The molecule has 2 aromatic rings. The van der Waals surface area contributed by atoms with Gasteiger partial charge in [0.25, 0.3) is 0 Å². The van der Waals surface area contributed by atoms with Crippen LogP contribution in [0.1, 0.15) is 32.3 Å². The zero-order valence-corrected chi connectivity index (χ0v) is 12.3. The first-order chi connectivity index (χ1) is 9.04. The summed E-state index contributed by atoms with van der Waals surface area (Å²) in [6, 6.07) is 7.96. The van der Waals surface area contributed by atoms with Crippen LogP contribution in [0.5, 0.6) is 0 Å². The van der Waals surface area contributed by atoms with Crippen molar-refractivity contribution in [2.75, 3.05) is 0 Å². The maximum Gasteiger partial charge on any atom is 0.489 e. The van der Waals surface area contributed by atoms with Crippen molar-refractivity contribution in [3.05, 3.63) is 36.0 Å². The molecule has 0 bridgehead atoms. The topological polar surface area (TPSA) is 54.3 Å². The normalized spacial score (nSPS) is 12.9.